The van der Waals surface area contributed by atoms with Crippen LogP contribution in [0, 0.1) is 12.7 Å². The Bertz CT molecular complexity index is 403. The van der Waals surface area contributed by atoms with Gasteiger partial charge >= 0.3 is 5.97 Å². The van der Waals surface area contributed by atoms with Gasteiger partial charge in [-0.3, -0.25) is 0 Å². The fraction of sp³-hybridized carbons (Fsp3) is 0.364. The van der Waals surface area contributed by atoms with E-state index in [0.717, 1.165) is 7.11 Å². The van der Waals surface area contributed by atoms with Crippen LogP contribution in [0.5, 0.6) is 5.75 Å². The van der Waals surface area contributed by atoms with Crippen molar-refractivity contribution in [3.63, 3.8) is 0 Å². The maximum Gasteiger partial charge on any atom is 0.339 e. The van der Waals surface area contributed by atoms with Crippen LogP contribution < -0.4 is 4.74 Å². The van der Waals surface area contributed by atoms with E-state index in [4.69, 9.17) is 4.74 Å². The predicted octanol–water partition coefficient (Wildman–Crippen LogP) is 1.35. The molecule has 88 valence electrons. The average Bonchev–Trinajstić information content (AvgIpc) is 2.27. The minimum absolute atomic E-state index is 0.158. The third kappa shape index (κ3) is 2.30. The summed E-state index contributed by atoms with van der Waals surface area (Å²) < 4.78 is 22.8. The number of rotatable bonds is 3. The molecule has 0 aliphatic heterocycles. The minimum Gasteiger partial charge on any atom is -0.496 e. The number of aryl methyl sites for hydroxylation is 1. The summed E-state index contributed by atoms with van der Waals surface area (Å²) in [5, 5.41) is 9.51. The second kappa shape index (κ2) is 4.94. The molecule has 0 bridgehead atoms. The molecule has 0 fully saturated rings. The zero-order valence-electron chi connectivity index (χ0n) is 9.28. The second-order valence-electron chi connectivity index (χ2n) is 3.27. The highest BCUT2D eigenvalue weighted by Gasteiger charge is 2.23. The summed E-state index contributed by atoms with van der Waals surface area (Å²) in [6, 6.07) is 2.48. The molecule has 0 saturated heterocycles. The van der Waals surface area contributed by atoms with Gasteiger partial charge in [-0.1, -0.05) is 0 Å². The van der Waals surface area contributed by atoms with Crippen LogP contribution in [0.25, 0.3) is 0 Å². The number of aliphatic hydroxyl groups is 1. The summed E-state index contributed by atoms with van der Waals surface area (Å²) in [4.78, 5) is 11.1. The number of halogens is 1. The van der Waals surface area contributed by atoms with Crippen molar-refractivity contribution >= 4 is 5.97 Å². The first kappa shape index (κ1) is 12.4. The molecule has 1 N–H and O–H groups in total. The van der Waals surface area contributed by atoms with Crippen molar-refractivity contribution in [2.75, 3.05) is 14.2 Å². The topological polar surface area (TPSA) is 55.8 Å². The van der Waals surface area contributed by atoms with Crippen LogP contribution in [0.1, 0.15) is 17.2 Å². The van der Waals surface area contributed by atoms with E-state index in [9.17, 15) is 14.3 Å². The van der Waals surface area contributed by atoms with Gasteiger partial charge in [0.15, 0.2) is 6.10 Å². The lowest BCUT2D eigenvalue weighted by atomic mass is 10.1. The van der Waals surface area contributed by atoms with E-state index in [1.807, 2.05) is 0 Å². The highest BCUT2D eigenvalue weighted by Crippen LogP contribution is 2.26. The molecule has 0 saturated carbocycles. The number of methoxy groups -OCH3 is 2. The third-order valence-corrected chi connectivity index (χ3v) is 2.23. The van der Waals surface area contributed by atoms with Crippen molar-refractivity contribution in [3.05, 3.63) is 29.1 Å². The van der Waals surface area contributed by atoms with E-state index in [0.29, 0.717) is 11.3 Å². The van der Waals surface area contributed by atoms with Gasteiger partial charge in [0.25, 0.3) is 0 Å². The molecule has 1 unspecified atom stereocenters. The lowest BCUT2D eigenvalue weighted by molar-refractivity contribution is -0.150. The van der Waals surface area contributed by atoms with Crippen LogP contribution in [0.3, 0.4) is 0 Å². The fourth-order valence-electron chi connectivity index (χ4n) is 1.34. The van der Waals surface area contributed by atoms with Crippen molar-refractivity contribution in [1.82, 2.24) is 0 Å². The van der Waals surface area contributed by atoms with E-state index in [2.05, 4.69) is 4.74 Å². The number of ether oxygens (including phenoxy) is 2. The van der Waals surface area contributed by atoms with E-state index in [1.54, 1.807) is 6.92 Å². The second-order valence-corrected chi connectivity index (χ2v) is 3.27. The average molecular weight is 228 g/mol. The van der Waals surface area contributed by atoms with Crippen LogP contribution >= 0.6 is 0 Å². The molecule has 0 radical (unpaired) electrons. The number of carbonyl (C=O) groups excluding carboxylic acids is 1. The van der Waals surface area contributed by atoms with Crippen molar-refractivity contribution in [3.8, 4) is 5.75 Å². The van der Waals surface area contributed by atoms with Crippen LogP contribution in [0.15, 0.2) is 12.1 Å². The van der Waals surface area contributed by atoms with Gasteiger partial charge in [-0.25, -0.2) is 9.18 Å². The molecule has 0 aliphatic carbocycles. The lowest BCUT2D eigenvalue weighted by Crippen LogP contribution is -2.15. The van der Waals surface area contributed by atoms with E-state index in [1.165, 1.54) is 19.2 Å². The molecule has 0 heterocycles. The Balaban J connectivity index is 3.18. The molecule has 0 amide bonds. The Morgan fingerprint density at radius 2 is 2.06 bits per heavy atom. The van der Waals surface area contributed by atoms with Gasteiger partial charge in [0.2, 0.25) is 0 Å². The van der Waals surface area contributed by atoms with Gasteiger partial charge in [0.1, 0.15) is 11.6 Å². The highest BCUT2D eigenvalue weighted by atomic mass is 19.1. The Morgan fingerprint density at radius 1 is 1.44 bits per heavy atom. The van der Waals surface area contributed by atoms with E-state index < -0.39 is 17.9 Å². The van der Waals surface area contributed by atoms with Crippen LogP contribution in [0.4, 0.5) is 4.39 Å². The van der Waals surface area contributed by atoms with Gasteiger partial charge in [-0.05, 0) is 24.6 Å². The quantitative estimate of drug-likeness (QED) is 0.793. The van der Waals surface area contributed by atoms with Crippen molar-refractivity contribution in [1.29, 1.82) is 0 Å². The molecule has 1 aromatic carbocycles. The van der Waals surface area contributed by atoms with Gasteiger partial charge in [-0.2, -0.15) is 0 Å². The highest BCUT2D eigenvalue weighted by molar-refractivity contribution is 5.76. The number of aliphatic hydroxyl groups excluding tert-OH is 1. The number of hydrogen-bond acceptors (Lipinski definition) is 4. The summed E-state index contributed by atoms with van der Waals surface area (Å²) >= 11 is 0. The molecule has 0 aromatic heterocycles. The van der Waals surface area contributed by atoms with Gasteiger partial charge in [0, 0.05) is 5.56 Å². The van der Waals surface area contributed by atoms with Crippen LogP contribution in [0.2, 0.25) is 0 Å². The molecule has 1 aromatic rings. The summed E-state index contributed by atoms with van der Waals surface area (Å²) in [7, 11) is 2.55. The molecule has 1 atom stereocenters. The number of carbonyl (C=O) groups is 1. The standard InChI is InChI=1S/C11H13FO4/c1-6-4-8(12)7(5-9(6)15-2)10(13)11(14)16-3/h4-5,10,13H,1-3H3. The maximum atomic E-state index is 13.5. The van der Waals surface area contributed by atoms with Crippen LogP contribution in [-0.2, 0) is 9.53 Å². The molecule has 0 spiro atoms. The number of esters is 1. The normalized spacial score (nSPS) is 12.1. The summed E-state index contributed by atoms with van der Waals surface area (Å²) in [6.45, 7) is 1.66. The Labute approximate surface area is 92.6 Å². The van der Waals surface area contributed by atoms with Crippen molar-refractivity contribution in [2.45, 2.75) is 13.0 Å². The first-order valence-electron chi connectivity index (χ1n) is 4.61. The van der Waals surface area contributed by atoms with E-state index >= 15 is 0 Å². The molecule has 5 heteroatoms. The van der Waals surface area contributed by atoms with Gasteiger partial charge < -0.3 is 14.6 Å². The maximum absolute atomic E-state index is 13.5. The van der Waals surface area contributed by atoms with Crippen LogP contribution in [-0.4, -0.2) is 25.3 Å². The molecule has 0 aliphatic rings. The molecular formula is C11H13FO4. The fourth-order valence-corrected chi connectivity index (χ4v) is 1.34. The Kier molecular flexibility index (Phi) is 3.84. The first-order valence-corrected chi connectivity index (χ1v) is 4.61. The first-order chi connectivity index (χ1) is 7.51. The largest absolute Gasteiger partial charge is 0.496 e. The zero-order chi connectivity index (χ0) is 12.3. The van der Waals surface area contributed by atoms with Gasteiger partial charge in [0.05, 0.1) is 14.2 Å². The minimum atomic E-state index is -1.64. The molecule has 4 nitrogen and oxygen atoms in total. The lowest BCUT2D eigenvalue weighted by Gasteiger charge is -2.12. The SMILES string of the molecule is COC(=O)C(O)c1cc(OC)c(C)cc1F. The summed E-state index contributed by atoms with van der Waals surface area (Å²) in [6.07, 6.45) is -1.64. The van der Waals surface area contributed by atoms with Crippen molar-refractivity contribution < 1.29 is 23.8 Å². The van der Waals surface area contributed by atoms with Crippen molar-refractivity contribution in [2.24, 2.45) is 0 Å². The Morgan fingerprint density at radius 3 is 2.56 bits per heavy atom. The number of benzene rings is 1. The monoisotopic (exact) mass is 228 g/mol. The third-order valence-electron chi connectivity index (χ3n) is 2.23. The molecule has 16 heavy (non-hydrogen) atoms. The predicted molar refractivity (Wildman–Crippen MR) is 54.7 cm³/mol. The van der Waals surface area contributed by atoms with Gasteiger partial charge in [-0.15, -0.1) is 0 Å². The molecular weight excluding hydrogens is 215 g/mol. The smallest absolute Gasteiger partial charge is 0.339 e. The summed E-state index contributed by atoms with van der Waals surface area (Å²) in [5.41, 5.74) is 0.426. The number of hydrogen-bond donors (Lipinski definition) is 1. The Hall–Kier alpha value is -1.62. The van der Waals surface area contributed by atoms with E-state index in [-0.39, 0.29) is 5.56 Å². The summed E-state index contributed by atoms with van der Waals surface area (Å²) in [5.74, 6) is -1.18. The zero-order valence-corrected chi connectivity index (χ0v) is 9.28. The molecule has 1 rings (SSSR count).